The number of nitrogens with two attached hydrogens (primary N) is 1. The molecule has 0 amide bonds. The second-order valence-corrected chi connectivity index (χ2v) is 6.69. The molecule has 0 aliphatic carbocycles. The van der Waals surface area contributed by atoms with Gasteiger partial charge in [-0.15, -0.1) is 0 Å². The highest BCUT2D eigenvalue weighted by Gasteiger charge is 2.06. The molecule has 0 saturated heterocycles. The van der Waals surface area contributed by atoms with Crippen molar-refractivity contribution in [2.45, 2.75) is 11.4 Å². The third kappa shape index (κ3) is 5.20. The highest BCUT2D eigenvalue weighted by Crippen LogP contribution is 2.15. The quantitative estimate of drug-likeness (QED) is 0.712. The van der Waals surface area contributed by atoms with Gasteiger partial charge < -0.3 is 15.4 Å². The number of hydrogen-bond acceptors (Lipinski definition) is 4. The van der Waals surface area contributed by atoms with Gasteiger partial charge in [0.25, 0.3) is 0 Å². The summed E-state index contributed by atoms with van der Waals surface area (Å²) >= 11 is 5.21. The van der Waals surface area contributed by atoms with Crippen LogP contribution in [0.2, 0.25) is 0 Å². The summed E-state index contributed by atoms with van der Waals surface area (Å²) in [5.74, 6) is 0.768. The third-order valence-electron chi connectivity index (χ3n) is 3.05. The molecule has 0 fully saturated rings. The van der Waals surface area contributed by atoms with Gasteiger partial charge in [-0.25, -0.2) is 13.6 Å². The van der Waals surface area contributed by atoms with Crippen LogP contribution in [0.4, 0.5) is 5.69 Å². The zero-order valence-corrected chi connectivity index (χ0v) is 14.1. The standard InChI is InChI=1S/C15H17N3O3S2/c1-21-13-6-4-12(5-7-13)18-15(22)17-10-11-2-8-14(9-3-11)23(16,19)20/h2-9H,10H2,1H3,(H2,16,19,20)(H2,17,18,22). The van der Waals surface area contributed by atoms with Crippen molar-refractivity contribution in [1.82, 2.24) is 5.32 Å². The van der Waals surface area contributed by atoms with Crippen molar-refractivity contribution in [3.63, 3.8) is 0 Å². The SMILES string of the molecule is COc1ccc(NC(=S)NCc2ccc(S(N)(=O)=O)cc2)cc1. The largest absolute Gasteiger partial charge is 0.497 e. The first-order valence-corrected chi connectivity index (χ1v) is 8.64. The Hall–Kier alpha value is -2.16. The molecule has 0 spiro atoms. The first-order chi connectivity index (χ1) is 10.9. The molecule has 2 rings (SSSR count). The molecule has 4 N–H and O–H groups in total. The molecule has 0 bridgehead atoms. The molecule has 0 aliphatic rings. The van der Waals surface area contributed by atoms with Crippen molar-refractivity contribution in [2.75, 3.05) is 12.4 Å². The van der Waals surface area contributed by atoms with Crippen LogP contribution in [-0.2, 0) is 16.6 Å². The number of hydrogen-bond donors (Lipinski definition) is 3. The normalized spacial score (nSPS) is 10.9. The van der Waals surface area contributed by atoms with Crippen LogP contribution in [0, 0.1) is 0 Å². The lowest BCUT2D eigenvalue weighted by molar-refractivity contribution is 0.415. The molecule has 0 aromatic heterocycles. The molecule has 0 heterocycles. The molecule has 23 heavy (non-hydrogen) atoms. The molecule has 2 aromatic carbocycles. The van der Waals surface area contributed by atoms with Crippen molar-refractivity contribution in [1.29, 1.82) is 0 Å². The van der Waals surface area contributed by atoms with Gasteiger partial charge in [-0.1, -0.05) is 12.1 Å². The van der Waals surface area contributed by atoms with E-state index in [4.69, 9.17) is 22.1 Å². The van der Waals surface area contributed by atoms with Crippen LogP contribution >= 0.6 is 12.2 Å². The van der Waals surface area contributed by atoms with Crippen molar-refractivity contribution >= 4 is 33.0 Å². The molecule has 0 atom stereocenters. The predicted octanol–water partition coefficient (Wildman–Crippen LogP) is 1.83. The maximum absolute atomic E-state index is 11.2. The van der Waals surface area contributed by atoms with E-state index in [2.05, 4.69) is 10.6 Å². The summed E-state index contributed by atoms with van der Waals surface area (Å²) in [6, 6.07) is 13.7. The van der Waals surface area contributed by atoms with Crippen LogP contribution in [-0.4, -0.2) is 20.6 Å². The summed E-state index contributed by atoms with van der Waals surface area (Å²) < 4.78 is 27.4. The number of ether oxygens (including phenoxy) is 1. The zero-order valence-electron chi connectivity index (χ0n) is 12.4. The van der Waals surface area contributed by atoms with Gasteiger partial charge in [0.1, 0.15) is 5.75 Å². The lowest BCUT2D eigenvalue weighted by Crippen LogP contribution is -2.27. The minimum atomic E-state index is -3.67. The number of nitrogens with one attached hydrogen (secondary N) is 2. The van der Waals surface area contributed by atoms with Crippen molar-refractivity contribution < 1.29 is 13.2 Å². The van der Waals surface area contributed by atoms with Gasteiger partial charge in [-0.2, -0.15) is 0 Å². The van der Waals surface area contributed by atoms with E-state index >= 15 is 0 Å². The second-order valence-electron chi connectivity index (χ2n) is 4.73. The highest BCUT2D eigenvalue weighted by atomic mass is 32.2. The van der Waals surface area contributed by atoms with Crippen LogP contribution in [0.3, 0.4) is 0 Å². The Kier molecular flexibility index (Phi) is 5.54. The van der Waals surface area contributed by atoms with Crippen molar-refractivity contribution in [2.24, 2.45) is 5.14 Å². The second kappa shape index (κ2) is 7.40. The molecule has 0 unspecified atom stereocenters. The van der Waals surface area contributed by atoms with E-state index in [1.807, 2.05) is 24.3 Å². The van der Waals surface area contributed by atoms with Crippen molar-refractivity contribution in [3.05, 3.63) is 54.1 Å². The Morgan fingerprint density at radius 2 is 1.74 bits per heavy atom. The van der Waals surface area contributed by atoms with Gasteiger partial charge in [0.2, 0.25) is 10.0 Å². The van der Waals surface area contributed by atoms with Gasteiger partial charge in [-0.3, -0.25) is 0 Å². The van der Waals surface area contributed by atoms with E-state index in [0.717, 1.165) is 17.0 Å². The molecule has 6 nitrogen and oxygen atoms in total. The summed E-state index contributed by atoms with van der Waals surface area (Å²) in [7, 11) is -2.06. The highest BCUT2D eigenvalue weighted by molar-refractivity contribution is 7.89. The number of benzene rings is 2. The maximum Gasteiger partial charge on any atom is 0.238 e. The fourth-order valence-corrected chi connectivity index (χ4v) is 2.53. The molecule has 122 valence electrons. The van der Waals surface area contributed by atoms with Crippen LogP contribution in [0.15, 0.2) is 53.4 Å². The Labute approximate surface area is 140 Å². The van der Waals surface area contributed by atoms with E-state index in [-0.39, 0.29) is 4.90 Å². The van der Waals surface area contributed by atoms with Crippen LogP contribution in [0.25, 0.3) is 0 Å². The minimum absolute atomic E-state index is 0.0835. The van der Waals surface area contributed by atoms with Crippen molar-refractivity contribution in [3.8, 4) is 5.75 Å². The summed E-state index contributed by atoms with van der Waals surface area (Å²) in [6.07, 6.45) is 0. The van der Waals surface area contributed by atoms with E-state index in [9.17, 15) is 8.42 Å². The monoisotopic (exact) mass is 351 g/mol. The molecule has 0 saturated carbocycles. The number of rotatable bonds is 5. The fourth-order valence-electron chi connectivity index (χ4n) is 1.83. The zero-order chi connectivity index (χ0) is 16.9. The number of anilines is 1. The number of sulfonamides is 1. The first kappa shape index (κ1) is 17.2. The van der Waals surface area contributed by atoms with E-state index in [1.165, 1.54) is 12.1 Å². The third-order valence-corrected chi connectivity index (χ3v) is 4.23. The molecule has 8 heteroatoms. The lowest BCUT2D eigenvalue weighted by atomic mass is 10.2. The Morgan fingerprint density at radius 3 is 2.26 bits per heavy atom. The molecule has 0 aliphatic heterocycles. The molecule has 2 aromatic rings. The molecule has 0 radical (unpaired) electrons. The number of methoxy groups -OCH3 is 1. The topological polar surface area (TPSA) is 93.4 Å². The molecular weight excluding hydrogens is 334 g/mol. The van der Waals surface area contributed by atoms with Gasteiger partial charge in [0.15, 0.2) is 5.11 Å². The van der Waals surface area contributed by atoms with Crippen LogP contribution < -0.4 is 20.5 Å². The Bertz CT molecular complexity index is 773. The minimum Gasteiger partial charge on any atom is -0.497 e. The van der Waals surface area contributed by atoms with Gasteiger partial charge >= 0.3 is 0 Å². The number of thiocarbonyl (C=S) groups is 1. The van der Waals surface area contributed by atoms with Crippen LogP contribution in [0.5, 0.6) is 5.75 Å². The average molecular weight is 351 g/mol. The number of primary sulfonamides is 1. The summed E-state index contributed by atoms with van der Waals surface area (Å²) in [6.45, 7) is 0.465. The summed E-state index contributed by atoms with van der Waals surface area (Å²) in [5.41, 5.74) is 1.73. The Morgan fingerprint density at radius 1 is 1.13 bits per heavy atom. The average Bonchev–Trinajstić information content (AvgIpc) is 2.53. The summed E-state index contributed by atoms with van der Waals surface area (Å²) in [4.78, 5) is 0.0835. The fraction of sp³-hybridized carbons (Fsp3) is 0.133. The summed E-state index contributed by atoms with van der Waals surface area (Å²) in [5, 5.41) is 11.6. The van der Waals surface area contributed by atoms with Gasteiger partial charge in [0, 0.05) is 12.2 Å². The van der Waals surface area contributed by atoms with Gasteiger partial charge in [-0.05, 0) is 54.2 Å². The van der Waals surface area contributed by atoms with E-state index in [1.54, 1.807) is 19.2 Å². The van der Waals surface area contributed by atoms with Gasteiger partial charge in [0.05, 0.1) is 12.0 Å². The smallest absolute Gasteiger partial charge is 0.238 e. The maximum atomic E-state index is 11.2. The van der Waals surface area contributed by atoms with E-state index < -0.39 is 10.0 Å². The lowest BCUT2D eigenvalue weighted by Gasteiger charge is -2.11. The van der Waals surface area contributed by atoms with E-state index in [0.29, 0.717) is 11.7 Å². The molecular formula is C15H17N3O3S2. The predicted molar refractivity (Wildman–Crippen MR) is 93.9 cm³/mol. The van der Waals surface area contributed by atoms with Crippen LogP contribution in [0.1, 0.15) is 5.56 Å². The Balaban J connectivity index is 1.88. The first-order valence-electron chi connectivity index (χ1n) is 6.69.